The van der Waals surface area contributed by atoms with Gasteiger partial charge in [0, 0.05) is 22.7 Å². The van der Waals surface area contributed by atoms with Crippen LogP contribution in [-0.4, -0.2) is 15.3 Å². The van der Waals surface area contributed by atoms with Crippen molar-refractivity contribution in [2.75, 3.05) is 5.32 Å². The zero-order valence-corrected chi connectivity index (χ0v) is 13.6. The van der Waals surface area contributed by atoms with E-state index in [9.17, 15) is 13.6 Å². The topological polar surface area (TPSA) is 46.4 Å². The Balaban J connectivity index is 1.77. The molecule has 0 saturated carbocycles. The highest BCUT2D eigenvalue weighted by Crippen LogP contribution is 2.31. The summed E-state index contributed by atoms with van der Waals surface area (Å²) in [6.45, 7) is 0. The SMILES string of the molecule is O=C(Nc1c(-c2ccc(F)cc2)nc2sccn12)c1cccc(F)c1. The molecular formula is C18H11F2N3OS. The molecule has 0 fully saturated rings. The van der Waals surface area contributed by atoms with Gasteiger partial charge in [-0.2, -0.15) is 0 Å². The second-order valence-corrected chi connectivity index (χ2v) is 6.21. The van der Waals surface area contributed by atoms with Gasteiger partial charge in [-0.05, 0) is 42.5 Å². The molecule has 0 aliphatic heterocycles. The Kier molecular flexibility index (Phi) is 3.77. The Labute approximate surface area is 145 Å². The number of carbonyl (C=O) groups excluding carboxylic acids is 1. The van der Waals surface area contributed by atoms with Crippen LogP contribution in [0.25, 0.3) is 16.2 Å². The Morgan fingerprint density at radius 2 is 1.88 bits per heavy atom. The molecule has 0 saturated heterocycles. The van der Waals surface area contributed by atoms with Gasteiger partial charge in [0.1, 0.15) is 23.1 Å². The Morgan fingerprint density at radius 1 is 1.08 bits per heavy atom. The van der Waals surface area contributed by atoms with Crippen LogP contribution in [0.5, 0.6) is 0 Å². The zero-order chi connectivity index (χ0) is 17.4. The molecule has 2 aromatic heterocycles. The first-order chi connectivity index (χ1) is 12.1. The number of hydrogen-bond acceptors (Lipinski definition) is 3. The average Bonchev–Trinajstić information content (AvgIpc) is 3.18. The normalized spacial score (nSPS) is 11.0. The van der Waals surface area contributed by atoms with Crippen molar-refractivity contribution in [1.82, 2.24) is 9.38 Å². The quantitative estimate of drug-likeness (QED) is 0.584. The monoisotopic (exact) mass is 355 g/mol. The molecule has 1 N–H and O–H groups in total. The maximum Gasteiger partial charge on any atom is 0.256 e. The van der Waals surface area contributed by atoms with Crippen molar-refractivity contribution >= 4 is 28.0 Å². The first-order valence-corrected chi connectivity index (χ1v) is 8.28. The third-order valence-corrected chi connectivity index (χ3v) is 4.46. The third kappa shape index (κ3) is 2.89. The maximum atomic E-state index is 13.4. The molecule has 4 aromatic rings. The van der Waals surface area contributed by atoms with E-state index in [1.807, 2.05) is 5.38 Å². The van der Waals surface area contributed by atoms with Crippen LogP contribution < -0.4 is 5.32 Å². The van der Waals surface area contributed by atoms with Crippen molar-refractivity contribution < 1.29 is 13.6 Å². The summed E-state index contributed by atoms with van der Waals surface area (Å²) in [6, 6.07) is 11.3. The Bertz CT molecular complexity index is 1070. The fraction of sp³-hybridized carbons (Fsp3) is 0. The summed E-state index contributed by atoms with van der Waals surface area (Å²) in [6.07, 6.45) is 1.78. The van der Waals surface area contributed by atoms with Gasteiger partial charge in [-0.25, -0.2) is 13.8 Å². The number of benzene rings is 2. The van der Waals surface area contributed by atoms with E-state index in [-0.39, 0.29) is 11.4 Å². The second-order valence-electron chi connectivity index (χ2n) is 5.34. The van der Waals surface area contributed by atoms with E-state index in [1.54, 1.807) is 22.7 Å². The summed E-state index contributed by atoms with van der Waals surface area (Å²) in [7, 11) is 0. The van der Waals surface area contributed by atoms with E-state index in [0.717, 1.165) is 0 Å². The minimum absolute atomic E-state index is 0.204. The van der Waals surface area contributed by atoms with E-state index in [2.05, 4.69) is 10.3 Å². The van der Waals surface area contributed by atoms with Gasteiger partial charge in [-0.3, -0.25) is 9.20 Å². The van der Waals surface area contributed by atoms with Crippen LogP contribution >= 0.6 is 11.3 Å². The van der Waals surface area contributed by atoms with Crippen LogP contribution in [0.1, 0.15) is 10.4 Å². The molecule has 2 aromatic carbocycles. The van der Waals surface area contributed by atoms with Gasteiger partial charge in [0.25, 0.3) is 5.91 Å². The highest BCUT2D eigenvalue weighted by molar-refractivity contribution is 7.15. The summed E-state index contributed by atoms with van der Waals surface area (Å²) >= 11 is 1.41. The number of hydrogen-bond donors (Lipinski definition) is 1. The second kappa shape index (κ2) is 6.10. The van der Waals surface area contributed by atoms with Crippen LogP contribution in [-0.2, 0) is 0 Å². The highest BCUT2D eigenvalue weighted by atomic mass is 32.1. The van der Waals surface area contributed by atoms with Crippen LogP contribution in [0.4, 0.5) is 14.6 Å². The van der Waals surface area contributed by atoms with Crippen molar-refractivity contribution in [2.45, 2.75) is 0 Å². The van der Waals surface area contributed by atoms with E-state index >= 15 is 0 Å². The van der Waals surface area contributed by atoms with E-state index in [1.165, 1.54) is 47.7 Å². The smallest absolute Gasteiger partial charge is 0.256 e. The standard InChI is InChI=1S/C18H11F2N3OS/c19-13-6-4-11(5-7-13)15-16(23-8-9-25-18(23)21-15)22-17(24)12-2-1-3-14(20)10-12/h1-10H,(H,22,24). The number of aromatic nitrogens is 2. The van der Waals surface area contributed by atoms with Crippen LogP contribution in [0.15, 0.2) is 60.1 Å². The number of amides is 1. The minimum Gasteiger partial charge on any atom is -0.306 e. The summed E-state index contributed by atoms with van der Waals surface area (Å²) in [5.41, 5.74) is 1.40. The molecule has 0 spiro atoms. The lowest BCUT2D eigenvalue weighted by molar-refractivity contribution is 0.102. The predicted molar refractivity (Wildman–Crippen MR) is 92.8 cm³/mol. The van der Waals surface area contributed by atoms with Crippen molar-refractivity contribution in [3.8, 4) is 11.3 Å². The highest BCUT2D eigenvalue weighted by Gasteiger charge is 2.18. The number of fused-ring (bicyclic) bond motifs is 1. The molecule has 25 heavy (non-hydrogen) atoms. The number of anilines is 1. The number of carbonyl (C=O) groups is 1. The van der Waals surface area contributed by atoms with Crippen LogP contribution in [0.2, 0.25) is 0 Å². The zero-order valence-electron chi connectivity index (χ0n) is 12.7. The van der Waals surface area contributed by atoms with Crippen LogP contribution in [0.3, 0.4) is 0 Å². The molecule has 0 bridgehead atoms. The fourth-order valence-electron chi connectivity index (χ4n) is 2.52. The molecule has 4 nitrogen and oxygen atoms in total. The molecule has 0 atom stereocenters. The molecule has 0 radical (unpaired) electrons. The van der Waals surface area contributed by atoms with Crippen molar-refractivity contribution in [1.29, 1.82) is 0 Å². The number of halogens is 2. The minimum atomic E-state index is -0.486. The van der Waals surface area contributed by atoms with Gasteiger partial charge >= 0.3 is 0 Å². The van der Waals surface area contributed by atoms with Crippen molar-refractivity contribution in [3.63, 3.8) is 0 Å². The molecular weight excluding hydrogens is 344 g/mol. The summed E-state index contributed by atoms with van der Waals surface area (Å²) < 4.78 is 28.3. The van der Waals surface area contributed by atoms with Gasteiger partial charge in [-0.1, -0.05) is 6.07 Å². The van der Waals surface area contributed by atoms with Gasteiger partial charge in [0.2, 0.25) is 0 Å². The van der Waals surface area contributed by atoms with E-state index in [4.69, 9.17) is 0 Å². The molecule has 0 aliphatic carbocycles. The lowest BCUT2D eigenvalue weighted by Gasteiger charge is -2.07. The summed E-state index contributed by atoms with van der Waals surface area (Å²) in [5.74, 6) is -0.830. The molecule has 7 heteroatoms. The number of rotatable bonds is 3. The third-order valence-electron chi connectivity index (χ3n) is 3.70. The molecule has 124 valence electrons. The lowest BCUT2D eigenvalue weighted by Crippen LogP contribution is -2.14. The largest absolute Gasteiger partial charge is 0.306 e. The lowest BCUT2D eigenvalue weighted by atomic mass is 10.1. The predicted octanol–water partition coefficient (Wildman–Crippen LogP) is 4.59. The van der Waals surface area contributed by atoms with Gasteiger partial charge in [0.05, 0.1) is 0 Å². The van der Waals surface area contributed by atoms with Gasteiger partial charge in [-0.15, -0.1) is 11.3 Å². The number of imidazole rings is 1. The van der Waals surface area contributed by atoms with Gasteiger partial charge in [0.15, 0.2) is 4.96 Å². The van der Waals surface area contributed by atoms with Crippen molar-refractivity contribution in [3.05, 3.63) is 77.3 Å². The number of thiazole rings is 1. The summed E-state index contributed by atoms with van der Waals surface area (Å²) in [4.78, 5) is 17.7. The molecule has 4 rings (SSSR count). The summed E-state index contributed by atoms with van der Waals surface area (Å²) in [5, 5.41) is 4.63. The van der Waals surface area contributed by atoms with Crippen molar-refractivity contribution in [2.24, 2.45) is 0 Å². The van der Waals surface area contributed by atoms with E-state index in [0.29, 0.717) is 22.0 Å². The fourth-order valence-corrected chi connectivity index (χ4v) is 3.24. The Hall–Kier alpha value is -3.06. The number of nitrogens with one attached hydrogen (secondary N) is 1. The Morgan fingerprint density at radius 3 is 2.64 bits per heavy atom. The number of nitrogens with zero attached hydrogens (tertiary/aromatic N) is 2. The van der Waals surface area contributed by atoms with Gasteiger partial charge < -0.3 is 5.32 Å². The molecule has 0 aliphatic rings. The van der Waals surface area contributed by atoms with Crippen LogP contribution in [0, 0.1) is 11.6 Å². The molecule has 1 amide bonds. The molecule has 2 heterocycles. The molecule has 0 unspecified atom stereocenters. The maximum absolute atomic E-state index is 13.4. The first-order valence-electron chi connectivity index (χ1n) is 7.40. The first kappa shape index (κ1) is 15.5. The van der Waals surface area contributed by atoms with E-state index < -0.39 is 11.7 Å². The average molecular weight is 355 g/mol.